The van der Waals surface area contributed by atoms with Gasteiger partial charge in [0.05, 0.1) is 11.7 Å². The van der Waals surface area contributed by atoms with E-state index in [4.69, 9.17) is 5.73 Å². The Kier molecular flexibility index (Phi) is 3.54. The highest BCUT2D eigenvalue weighted by Gasteiger charge is 2.31. The fourth-order valence-corrected chi connectivity index (χ4v) is 1.23. The second-order valence-corrected chi connectivity index (χ2v) is 3.54. The Hall–Kier alpha value is -1.14. The van der Waals surface area contributed by atoms with Crippen molar-refractivity contribution in [3.8, 4) is 0 Å². The van der Waals surface area contributed by atoms with Crippen LogP contribution in [-0.2, 0) is 6.18 Å². The number of alkyl halides is 3. The van der Waals surface area contributed by atoms with Crippen LogP contribution in [0.4, 0.5) is 17.6 Å². The maximum Gasteiger partial charge on any atom is 0.416 e. The fourth-order valence-electron chi connectivity index (χ4n) is 1.23. The zero-order chi connectivity index (χ0) is 12.5. The van der Waals surface area contributed by atoms with Gasteiger partial charge in [-0.3, -0.25) is 0 Å². The molecule has 2 nitrogen and oxygen atoms in total. The molecule has 1 aromatic rings. The normalized spacial score (nSPS) is 15.9. The molecular formula is C10H11F4NO. The highest BCUT2D eigenvalue weighted by atomic mass is 19.4. The number of benzene rings is 1. The molecule has 0 aliphatic heterocycles. The van der Waals surface area contributed by atoms with Crippen LogP contribution in [0.3, 0.4) is 0 Å². The molecule has 0 aliphatic carbocycles. The largest absolute Gasteiger partial charge is 0.416 e. The molecule has 0 amide bonds. The van der Waals surface area contributed by atoms with Crippen molar-refractivity contribution in [2.45, 2.75) is 25.2 Å². The third-order valence-electron chi connectivity index (χ3n) is 2.14. The van der Waals surface area contributed by atoms with Gasteiger partial charge in [-0.25, -0.2) is 4.39 Å². The number of rotatable bonds is 2. The lowest BCUT2D eigenvalue weighted by atomic mass is 10.0. The van der Waals surface area contributed by atoms with Crippen LogP contribution in [0.2, 0.25) is 0 Å². The Labute approximate surface area is 89.7 Å². The zero-order valence-corrected chi connectivity index (χ0v) is 8.42. The van der Waals surface area contributed by atoms with Gasteiger partial charge in [0.25, 0.3) is 0 Å². The number of aliphatic hydroxyl groups excluding tert-OH is 1. The van der Waals surface area contributed by atoms with Crippen LogP contribution in [-0.4, -0.2) is 11.1 Å². The second-order valence-electron chi connectivity index (χ2n) is 3.54. The molecule has 0 spiro atoms. The van der Waals surface area contributed by atoms with E-state index in [0.29, 0.717) is 12.1 Å². The quantitative estimate of drug-likeness (QED) is 0.775. The van der Waals surface area contributed by atoms with Crippen LogP contribution < -0.4 is 5.73 Å². The van der Waals surface area contributed by atoms with Gasteiger partial charge in [-0.2, -0.15) is 13.2 Å². The molecule has 0 saturated heterocycles. The summed E-state index contributed by atoms with van der Waals surface area (Å²) in [5.74, 6) is -1.11. The number of aliphatic hydroxyl groups is 1. The highest BCUT2D eigenvalue weighted by molar-refractivity contribution is 5.28. The lowest BCUT2D eigenvalue weighted by Gasteiger charge is -2.16. The molecule has 1 rings (SSSR count). The molecule has 6 heteroatoms. The van der Waals surface area contributed by atoms with Gasteiger partial charge in [0.15, 0.2) is 0 Å². The Balaban J connectivity index is 3.10. The van der Waals surface area contributed by atoms with Gasteiger partial charge < -0.3 is 10.8 Å². The summed E-state index contributed by atoms with van der Waals surface area (Å²) in [6, 6.07) is 1.20. The molecule has 0 aromatic heterocycles. The Morgan fingerprint density at radius 1 is 1.31 bits per heavy atom. The van der Waals surface area contributed by atoms with Crippen LogP contribution >= 0.6 is 0 Å². The first-order chi connectivity index (χ1) is 7.23. The van der Waals surface area contributed by atoms with Crippen molar-refractivity contribution in [2.24, 2.45) is 5.73 Å². The topological polar surface area (TPSA) is 46.2 Å². The maximum atomic E-state index is 13.3. The first-order valence-electron chi connectivity index (χ1n) is 4.53. The van der Waals surface area contributed by atoms with Gasteiger partial charge in [0.2, 0.25) is 0 Å². The van der Waals surface area contributed by atoms with E-state index in [9.17, 15) is 22.7 Å². The van der Waals surface area contributed by atoms with Gasteiger partial charge in [-0.1, -0.05) is 6.07 Å². The minimum Gasteiger partial charge on any atom is -0.387 e. The molecule has 0 bridgehead atoms. The van der Waals surface area contributed by atoms with Crippen molar-refractivity contribution in [1.82, 2.24) is 0 Å². The Morgan fingerprint density at radius 3 is 2.25 bits per heavy atom. The van der Waals surface area contributed by atoms with E-state index in [1.54, 1.807) is 0 Å². The predicted molar refractivity (Wildman–Crippen MR) is 50.0 cm³/mol. The molecular weight excluding hydrogens is 226 g/mol. The standard InChI is InChI=1S/C10H11F4NO/c1-5(15)9(16)7-3-2-6(4-8(7)11)10(12,13)14/h2-5,9,16H,15H2,1H3/t5-,9-/m0/s1. The summed E-state index contributed by atoms with van der Waals surface area (Å²) in [7, 11) is 0. The summed E-state index contributed by atoms with van der Waals surface area (Å²) >= 11 is 0. The average molecular weight is 237 g/mol. The molecule has 3 N–H and O–H groups in total. The fraction of sp³-hybridized carbons (Fsp3) is 0.400. The lowest BCUT2D eigenvalue weighted by Crippen LogP contribution is -2.25. The van der Waals surface area contributed by atoms with Crippen molar-refractivity contribution in [2.75, 3.05) is 0 Å². The third kappa shape index (κ3) is 2.70. The molecule has 0 unspecified atom stereocenters. The molecule has 90 valence electrons. The van der Waals surface area contributed by atoms with E-state index in [1.807, 2.05) is 0 Å². The smallest absolute Gasteiger partial charge is 0.387 e. The van der Waals surface area contributed by atoms with Crippen molar-refractivity contribution < 1.29 is 22.7 Å². The molecule has 16 heavy (non-hydrogen) atoms. The number of halogens is 4. The van der Waals surface area contributed by atoms with Crippen LogP contribution in [0.15, 0.2) is 18.2 Å². The number of hydrogen-bond acceptors (Lipinski definition) is 2. The molecule has 1 aromatic carbocycles. The van der Waals surface area contributed by atoms with E-state index < -0.39 is 29.7 Å². The number of nitrogens with two attached hydrogens (primary N) is 1. The molecule has 0 aliphatic rings. The molecule has 0 radical (unpaired) electrons. The average Bonchev–Trinajstić information content (AvgIpc) is 2.15. The van der Waals surface area contributed by atoms with E-state index in [0.717, 1.165) is 6.07 Å². The minimum atomic E-state index is -4.60. The third-order valence-corrected chi connectivity index (χ3v) is 2.14. The first-order valence-corrected chi connectivity index (χ1v) is 4.53. The summed E-state index contributed by atoms with van der Waals surface area (Å²) in [4.78, 5) is 0. The maximum absolute atomic E-state index is 13.3. The first kappa shape index (κ1) is 12.9. The summed E-state index contributed by atoms with van der Waals surface area (Å²) in [6.07, 6.45) is -5.92. The van der Waals surface area contributed by atoms with Crippen LogP contribution in [0.5, 0.6) is 0 Å². The van der Waals surface area contributed by atoms with E-state index >= 15 is 0 Å². The van der Waals surface area contributed by atoms with E-state index in [2.05, 4.69) is 0 Å². The highest BCUT2D eigenvalue weighted by Crippen LogP contribution is 2.31. The molecule has 0 fully saturated rings. The SMILES string of the molecule is C[C@H](N)[C@H](O)c1ccc(C(F)(F)F)cc1F. The predicted octanol–water partition coefficient (Wildman–Crippen LogP) is 2.23. The van der Waals surface area contributed by atoms with Crippen LogP contribution in [0.1, 0.15) is 24.2 Å². The van der Waals surface area contributed by atoms with Gasteiger partial charge >= 0.3 is 6.18 Å². The second kappa shape index (κ2) is 4.39. The Morgan fingerprint density at radius 2 is 1.88 bits per heavy atom. The number of hydrogen-bond donors (Lipinski definition) is 2. The van der Waals surface area contributed by atoms with E-state index in [-0.39, 0.29) is 5.56 Å². The van der Waals surface area contributed by atoms with Gasteiger partial charge in [-0.15, -0.1) is 0 Å². The summed E-state index contributed by atoms with van der Waals surface area (Å²) in [5.41, 5.74) is 4.00. The van der Waals surface area contributed by atoms with Gasteiger partial charge in [0.1, 0.15) is 5.82 Å². The lowest BCUT2D eigenvalue weighted by molar-refractivity contribution is -0.137. The summed E-state index contributed by atoms with van der Waals surface area (Å²) in [5, 5.41) is 9.43. The molecule has 2 atom stereocenters. The van der Waals surface area contributed by atoms with Crippen molar-refractivity contribution >= 4 is 0 Å². The molecule has 0 heterocycles. The van der Waals surface area contributed by atoms with Crippen LogP contribution in [0, 0.1) is 5.82 Å². The monoisotopic (exact) mass is 237 g/mol. The minimum absolute atomic E-state index is 0.233. The van der Waals surface area contributed by atoms with Crippen molar-refractivity contribution in [3.05, 3.63) is 35.1 Å². The van der Waals surface area contributed by atoms with Crippen molar-refractivity contribution in [1.29, 1.82) is 0 Å². The van der Waals surface area contributed by atoms with Gasteiger partial charge in [-0.05, 0) is 19.1 Å². The summed E-state index contributed by atoms with van der Waals surface area (Å²) in [6.45, 7) is 1.43. The van der Waals surface area contributed by atoms with Crippen LogP contribution in [0.25, 0.3) is 0 Å². The Bertz CT molecular complexity index is 376. The van der Waals surface area contributed by atoms with Crippen molar-refractivity contribution in [3.63, 3.8) is 0 Å². The molecule has 0 saturated carbocycles. The zero-order valence-electron chi connectivity index (χ0n) is 8.42. The summed E-state index contributed by atoms with van der Waals surface area (Å²) < 4.78 is 49.9. The van der Waals surface area contributed by atoms with Gasteiger partial charge in [0, 0.05) is 11.6 Å². The van der Waals surface area contributed by atoms with E-state index in [1.165, 1.54) is 6.92 Å².